The van der Waals surface area contributed by atoms with Crippen molar-refractivity contribution in [2.45, 2.75) is 206 Å². The summed E-state index contributed by atoms with van der Waals surface area (Å²) >= 11 is 0. The van der Waals surface area contributed by atoms with E-state index in [1.54, 1.807) is 0 Å². The van der Waals surface area contributed by atoms with Crippen LogP contribution in [0.15, 0.2) is 0 Å². The molecule has 0 N–H and O–H groups in total. The Kier molecular flexibility index (Phi) is 29.6. The van der Waals surface area contributed by atoms with Gasteiger partial charge in [-0.3, -0.25) is 4.79 Å². The van der Waals surface area contributed by atoms with Crippen molar-refractivity contribution in [1.29, 1.82) is 0 Å². The predicted octanol–water partition coefficient (Wildman–Crippen LogP) is 10.0. The lowest BCUT2D eigenvalue weighted by Crippen LogP contribution is -2.21. The van der Waals surface area contributed by atoms with Crippen molar-refractivity contribution >= 4 is 11.9 Å². The second kappa shape index (κ2) is 30.5. The van der Waals surface area contributed by atoms with E-state index in [0.29, 0.717) is 6.42 Å². The van der Waals surface area contributed by atoms with Crippen molar-refractivity contribution < 1.29 is 19.4 Å². The molecule has 0 bridgehead atoms. The minimum Gasteiger partial charge on any atom is -0.550 e. The number of rotatable bonds is 31. The third-order valence-electron chi connectivity index (χ3n) is 7.82. The molecule has 0 radical (unpaired) electrons. The van der Waals surface area contributed by atoms with Gasteiger partial charge in [-0.2, -0.15) is 0 Å². The standard InChI is InChI=1S/C34H66O4/c1-3-5-7-9-10-11-12-13-14-15-20-23-27-31-34(37)38-32(28-24-8-6-4-2)29-25-21-18-16-17-19-22-26-30-33(35)36/h32H,3-31H2,1-2H3,(H,35,36)/p-1. The van der Waals surface area contributed by atoms with E-state index in [-0.39, 0.29) is 18.5 Å². The summed E-state index contributed by atoms with van der Waals surface area (Å²) in [6.45, 7) is 4.51. The minimum absolute atomic E-state index is 0.0186. The predicted molar refractivity (Wildman–Crippen MR) is 160 cm³/mol. The highest BCUT2D eigenvalue weighted by Gasteiger charge is 2.14. The van der Waals surface area contributed by atoms with E-state index < -0.39 is 5.97 Å². The summed E-state index contributed by atoms with van der Waals surface area (Å²) in [5.41, 5.74) is 0. The number of hydrogen-bond donors (Lipinski definition) is 0. The van der Waals surface area contributed by atoms with Crippen LogP contribution < -0.4 is 5.11 Å². The van der Waals surface area contributed by atoms with Crippen LogP contribution in [0.2, 0.25) is 0 Å². The Bertz CT molecular complexity index is 505. The molecule has 0 saturated heterocycles. The maximum Gasteiger partial charge on any atom is 0.306 e. The number of ether oxygens (including phenoxy) is 1. The summed E-state index contributed by atoms with van der Waals surface area (Å²) in [5, 5.41) is 10.4. The van der Waals surface area contributed by atoms with Crippen molar-refractivity contribution in [3.8, 4) is 0 Å². The first kappa shape index (κ1) is 36.9. The Balaban J connectivity index is 3.81. The van der Waals surface area contributed by atoms with Gasteiger partial charge in [-0.1, -0.05) is 149 Å². The molecule has 1 atom stereocenters. The summed E-state index contributed by atoms with van der Waals surface area (Å²) in [6.07, 6.45) is 33.8. The van der Waals surface area contributed by atoms with Crippen molar-refractivity contribution in [2.75, 3.05) is 0 Å². The molecule has 0 fully saturated rings. The molecule has 0 aromatic rings. The van der Waals surface area contributed by atoms with E-state index in [4.69, 9.17) is 4.74 Å². The van der Waals surface area contributed by atoms with Gasteiger partial charge in [-0.25, -0.2) is 0 Å². The maximum atomic E-state index is 12.5. The lowest BCUT2D eigenvalue weighted by Gasteiger charge is -2.18. The van der Waals surface area contributed by atoms with E-state index in [9.17, 15) is 14.7 Å². The number of carbonyl (C=O) groups is 2. The van der Waals surface area contributed by atoms with Gasteiger partial charge < -0.3 is 14.6 Å². The third-order valence-corrected chi connectivity index (χ3v) is 7.82. The fourth-order valence-electron chi connectivity index (χ4n) is 5.29. The van der Waals surface area contributed by atoms with Crippen LogP contribution >= 0.6 is 0 Å². The van der Waals surface area contributed by atoms with Gasteiger partial charge >= 0.3 is 5.97 Å². The lowest BCUT2D eigenvalue weighted by atomic mass is 10.0. The van der Waals surface area contributed by atoms with Crippen LogP contribution in [0.1, 0.15) is 200 Å². The first-order valence-electron chi connectivity index (χ1n) is 17.0. The zero-order chi connectivity index (χ0) is 27.9. The summed E-state index contributed by atoms with van der Waals surface area (Å²) in [5.74, 6) is -0.913. The minimum atomic E-state index is -0.931. The van der Waals surface area contributed by atoms with Crippen LogP contribution in [-0.2, 0) is 14.3 Å². The summed E-state index contributed by atoms with van der Waals surface area (Å²) in [7, 11) is 0. The van der Waals surface area contributed by atoms with Gasteiger partial charge in [0.2, 0.25) is 0 Å². The molecule has 0 saturated carbocycles. The lowest BCUT2D eigenvalue weighted by molar-refractivity contribution is -0.305. The molecule has 38 heavy (non-hydrogen) atoms. The van der Waals surface area contributed by atoms with Crippen molar-refractivity contribution in [3.63, 3.8) is 0 Å². The highest BCUT2D eigenvalue weighted by Crippen LogP contribution is 2.18. The highest BCUT2D eigenvalue weighted by molar-refractivity contribution is 5.69. The largest absolute Gasteiger partial charge is 0.550 e. The first-order chi connectivity index (χ1) is 18.6. The van der Waals surface area contributed by atoms with Gasteiger partial charge in [0.05, 0.1) is 0 Å². The summed E-state index contributed by atoms with van der Waals surface area (Å²) in [6, 6.07) is 0. The topological polar surface area (TPSA) is 66.4 Å². The van der Waals surface area contributed by atoms with Gasteiger partial charge in [0.1, 0.15) is 6.10 Å². The average Bonchev–Trinajstić information content (AvgIpc) is 2.90. The first-order valence-corrected chi connectivity index (χ1v) is 17.0. The molecule has 0 spiro atoms. The van der Waals surface area contributed by atoms with Gasteiger partial charge in [-0.15, -0.1) is 0 Å². The molecule has 0 aromatic heterocycles. The Morgan fingerprint density at radius 1 is 0.474 bits per heavy atom. The van der Waals surface area contributed by atoms with Crippen LogP contribution in [0.3, 0.4) is 0 Å². The van der Waals surface area contributed by atoms with Crippen molar-refractivity contribution in [1.82, 2.24) is 0 Å². The number of aliphatic carboxylic acids is 1. The zero-order valence-electron chi connectivity index (χ0n) is 25.7. The zero-order valence-corrected chi connectivity index (χ0v) is 25.7. The molecule has 0 heterocycles. The van der Waals surface area contributed by atoms with E-state index in [0.717, 1.165) is 57.8 Å². The van der Waals surface area contributed by atoms with E-state index in [1.165, 1.54) is 116 Å². The van der Waals surface area contributed by atoms with Gasteiger partial charge in [0.15, 0.2) is 0 Å². The van der Waals surface area contributed by atoms with Crippen LogP contribution in [0, 0.1) is 0 Å². The molecule has 0 aliphatic carbocycles. The Morgan fingerprint density at radius 3 is 1.18 bits per heavy atom. The molecule has 0 aliphatic rings. The van der Waals surface area contributed by atoms with Crippen LogP contribution in [0.25, 0.3) is 0 Å². The second-order valence-electron chi connectivity index (χ2n) is 11.7. The molecule has 226 valence electrons. The van der Waals surface area contributed by atoms with Crippen LogP contribution in [-0.4, -0.2) is 18.0 Å². The smallest absolute Gasteiger partial charge is 0.306 e. The fraction of sp³-hybridized carbons (Fsp3) is 0.941. The van der Waals surface area contributed by atoms with Gasteiger partial charge in [0.25, 0.3) is 0 Å². The molecule has 4 nitrogen and oxygen atoms in total. The molecule has 0 aliphatic heterocycles. The SMILES string of the molecule is CCCCCCCCCCCCCCCC(=O)OC(CCCCCC)CCCCCCCCCCC(=O)[O-]. The normalized spacial score (nSPS) is 12.1. The highest BCUT2D eigenvalue weighted by atomic mass is 16.5. The molecule has 0 amide bonds. The quantitative estimate of drug-likeness (QED) is 0.0651. The Labute approximate surface area is 237 Å². The monoisotopic (exact) mass is 537 g/mol. The summed E-state index contributed by atoms with van der Waals surface area (Å²) < 4.78 is 5.94. The molecular weight excluding hydrogens is 472 g/mol. The van der Waals surface area contributed by atoms with Crippen molar-refractivity contribution in [3.05, 3.63) is 0 Å². The van der Waals surface area contributed by atoms with E-state index in [2.05, 4.69) is 13.8 Å². The Hall–Kier alpha value is -1.06. The number of carbonyl (C=O) groups excluding carboxylic acids is 2. The number of carboxylic acid groups (broad SMARTS) is 1. The number of hydrogen-bond acceptors (Lipinski definition) is 4. The molecule has 1 unspecified atom stereocenters. The molecule has 4 heteroatoms. The fourth-order valence-corrected chi connectivity index (χ4v) is 5.29. The number of carboxylic acids is 1. The maximum absolute atomic E-state index is 12.5. The van der Waals surface area contributed by atoms with E-state index >= 15 is 0 Å². The summed E-state index contributed by atoms with van der Waals surface area (Å²) in [4.78, 5) is 22.9. The molecular formula is C34H65O4-. The second-order valence-corrected chi connectivity index (χ2v) is 11.7. The molecule has 0 aromatic carbocycles. The number of esters is 1. The van der Waals surface area contributed by atoms with Crippen LogP contribution in [0.4, 0.5) is 0 Å². The van der Waals surface area contributed by atoms with Crippen molar-refractivity contribution in [2.24, 2.45) is 0 Å². The Morgan fingerprint density at radius 2 is 0.789 bits per heavy atom. The van der Waals surface area contributed by atoms with Crippen LogP contribution in [0.5, 0.6) is 0 Å². The van der Waals surface area contributed by atoms with E-state index in [1.807, 2.05) is 0 Å². The number of unbranched alkanes of at least 4 members (excludes halogenated alkanes) is 22. The molecule has 0 rings (SSSR count). The van der Waals surface area contributed by atoms with Gasteiger partial charge in [0, 0.05) is 12.4 Å². The van der Waals surface area contributed by atoms with Gasteiger partial charge in [-0.05, 0) is 44.9 Å². The third kappa shape index (κ3) is 29.5. The average molecular weight is 538 g/mol.